The van der Waals surface area contributed by atoms with Crippen LogP contribution >= 0.6 is 0 Å². The second-order valence-electron chi connectivity index (χ2n) is 7.27. The van der Waals surface area contributed by atoms with E-state index in [-0.39, 0.29) is 5.75 Å². The van der Waals surface area contributed by atoms with Crippen LogP contribution in [-0.2, 0) is 22.9 Å². The van der Waals surface area contributed by atoms with Gasteiger partial charge in [-0.15, -0.1) is 0 Å². The third kappa shape index (κ3) is 7.05. The van der Waals surface area contributed by atoms with Crippen LogP contribution in [0.5, 0.6) is 0 Å². The van der Waals surface area contributed by atoms with Crippen molar-refractivity contribution in [1.82, 2.24) is 0 Å². The first kappa shape index (κ1) is 18.5. The van der Waals surface area contributed by atoms with Crippen molar-refractivity contribution in [2.24, 2.45) is 17.0 Å². The van der Waals surface area contributed by atoms with Gasteiger partial charge in [-0.25, -0.2) is 13.6 Å². The van der Waals surface area contributed by atoms with Gasteiger partial charge in [0, 0.05) is 0 Å². The molecule has 0 saturated heterocycles. The van der Waals surface area contributed by atoms with Crippen molar-refractivity contribution in [3.05, 3.63) is 35.4 Å². The van der Waals surface area contributed by atoms with Crippen LogP contribution in [0.25, 0.3) is 0 Å². The molecular weight excluding hydrogens is 306 g/mol. The Morgan fingerprint density at radius 2 is 1.70 bits per heavy atom. The Morgan fingerprint density at radius 3 is 2.30 bits per heavy atom. The zero-order valence-electron chi connectivity index (χ0n) is 14.3. The van der Waals surface area contributed by atoms with Gasteiger partial charge in [-0.1, -0.05) is 63.3 Å². The minimum absolute atomic E-state index is 0.0294. The van der Waals surface area contributed by atoms with Gasteiger partial charge < -0.3 is 0 Å². The molecule has 0 aromatic heterocycles. The van der Waals surface area contributed by atoms with E-state index in [9.17, 15) is 8.42 Å². The molecule has 1 atom stereocenters. The van der Waals surface area contributed by atoms with Crippen molar-refractivity contribution in [2.45, 2.75) is 64.7 Å². The first-order valence-corrected chi connectivity index (χ1v) is 10.7. The molecule has 1 fully saturated rings. The Labute approximate surface area is 141 Å². The lowest BCUT2D eigenvalue weighted by Crippen LogP contribution is -2.18. The summed E-state index contributed by atoms with van der Waals surface area (Å²) in [5, 5.41) is 5.13. The average molecular weight is 338 g/mol. The van der Waals surface area contributed by atoms with Crippen molar-refractivity contribution in [3.63, 3.8) is 0 Å². The Hall–Kier alpha value is -0.870. The van der Waals surface area contributed by atoms with Gasteiger partial charge in [0.2, 0.25) is 10.0 Å². The van der Waals surface area contributed by atoms with Crippen LogP contribution in [0.3, 0.4) is 0 Å². The van der Waals surface area contributed by atoms with Gasteiger partial charge in [0.25, 0.3) is 0 Å². The molecule has 0 radical (unpaired) electrons. The predicted molar refractivity (Wildman–Crippen MR) is 96.8 cm³/mol. The van der Waals surface area contributed by atoms with E-state index < -0.39 is 10.0 Å². The highest BCUT2D eigenvalue weighted by atomic mass is 32.2. The van der Waals surface area contributed by atoms with Crippen LogP contribution in [0, 0.1) is 11.8 Å². The number of hydrogen-bond donors (Lipinski definition) is 1. The highest BCUT2D eigenvalue weighted by Crippen LogP contribution is 2.30. The van der Waals surface area contributed by atoms with Crippen LogP contribution in [0.15, 0.2) is 24.3 Å². The lowest BCUT2D eigenvalue weighted by Gasteiger charge is -2.24. The smallest absolute Gasteiger partial charge is 0.209 e. The monoisotopic (exact) mass is 337 g/mol. The summed E-state index contributed by atoms with van der Waals surface area (Å²) in [6, 6.07) is 8.19. The minimum atomic E-state index is -3.39. The second kappa shape index (κ2) is 8.84. The molecular formula is C19H31NO2S. The number of primary sulfonamides is 1. The van der Waals surface area contributed by atoms with E-state index in [4.69, 9.17) is 5.14 Å². The third-order valence-corrected chi connectivity index (χ3v) is 5.91. The molecule has 1 aromatic carbocycles. The van der Waals surface area contributed by atoms with Crippen LogP contribution in [0.2, 0.25) is 0 Å². The van der Waals surface area contributed by atoms with Crippen LogP contribution in [0.1, 0.15) is 63.0 Å². The first-order chi connectivity index (χ1) is 10.9. The molecule has 2 rings (SSSR count). The van der Waals surface area contributed by atoms with Crippen LogP contribution < -0.4 is 5.14 Å². The molecule has 1 aliphatic carbocycles. The standard InChI is InChI=1S/C19H31NO2S/c1-16(15-17-7-3-2-4-8-17)11-12-18-9-5-6-10-19(18)13-14-23(20,21)22/h5-6,9-10,16-17H,2-4,7-8,11-15H2,1H3,(H2,20,21,22). The molecule has 1 aromatic rings. The van der Waals surface area contributed by atoms with Gasteiger partial charge in [-0.3, -0.25) is 0 Å². The molecule has 2 N–H and O–H groups in total. The molecule has 1 saturated carbocycles. The number of nitrogens with two attached hydrogens (primary N) is 1. The number of sulfonamides is 1. The molecule has 0 amide bonds. The fraction of sp³-hybridized carbons (Fsp3) is 0.684. The Bertz CT molecular complexity index is 577. The zero-order chi connectivity index (χ0) is 16.7. The van der Waals surface area contributed by atoms with Crippen molar-refractivity contribution >= 4 is 10.0 Å². The highest BCUT2D eigenvalue weighted by molar-refractivity contribution is 7.89. The first-order valence-electron chi connectivity index (χ1n) is 9.01. The minimum Gasteiger partial charge on any atom is -0.229 e. The summed E-state index contributed by atoms with van der Waals surface area (Å²) in [6.45, 7) is 2.36. The molecule has 0 spiro atoms. The number of aryl methyl sites for hydroxylation is 2. The lowest BCUT2D eigenvalue weighted by molar-refractivity contribution is 0.289. The van der Waals surface area contributed by atoms with Crippen molar-refractivity contribution in [3.8, 4) is 0 Å². The summed E-state index contributed by atoms with van der Waals surface area (Å²) in [5.74, 6) is 1.70. The molecule has 0 heterocycles. The van der Waals surface area contributed by atoms with E-state index in [0.29, 0.717) is 6.42 Å². The van der Waals surface area contributed by atoms with E-state index >= 15 is 0 Å². The van der Waals surface area contributed by atoms with Gasteiger partial charge in [-0.05, 0) is 48.6 Å². The third-order valence-electron chi connectivity index (χ3n) is 5.14. The molecule has 4 heteroatoms. The highest BCUT2D eigenvalue weighted by Gasteiger charge is 2.16. The SMILES string of the molecule is CC(CCc1ccccc1CCS(N)(=O)=O)CC1CCCCC1. The topological polar surface area (TPSA) is 60.2 Å². The van der Waals surface area contributed by atoms with Crippen molar-refractivity contribution in [2.75, 3.05) is 5.75 Å². The fourth-order valence-electron chi connectivity index (χ4n) is 3.81. The van der Waals surface area contributed by atoms with Crippen molar-refractivity contribution in [1.29, 1.82) is 0 Å². The van der Waals surface area contributed by atoms with E-state index in [2.05, 4.69) is 13.0 Å². The molecule has 3 nitrogen and oxygen atoms in total. The Morgan fingerprint density at radius 1 is 1.09 bits per heavy atom. The van der Waals surface area contributed by atoms with Gasteiger partial charge in [0.15, 0.2) is 0 Å². The number of hydrogen-bond acceptors (Lipinski definition) is 2. The molecule has 1 unspecified atom stereocenters. The van der Waals surface area contributed by atoms with Crippen molar-refractivity contribution < 1.29 is 8.42 Å². The average Bonchev–Trinajstić information content (AvgIpc) is 2.52. The predicted octanol–water partition coefficient (Wildman–Crippen LogP) is 4.06. The van der Waals surface area contributed by atoms with Gasteiger partial charge in [-0.2, -0.15) is 0 Å². The van der Waals surface area contributed by atoms with Gasteiger partial charge in [0.05, 0.1) is 5.75 Å². The summed E-state index contributed by atoms with van der Waals surface area (Å²) in [5.41, 5.74) is 2.41. The molecule has 0 bridgehead atoms. The van der Waals surface area contributed by atoms with Crippen LogP contribution in [-0.4, -0.2) is 14.2 Å². The second-order valence-corrected chi connectivity index (χ2v) is 9.00. The van der Waals surface area contributed by atoms with E-state index in [1.807, 2.05) is 18.2 Å². The lowest BCUT2D eigenvalue weighted by atomic mass is 9.81. The fourth-order valence-corrected chi connectivity index (χ4v) is 4.31. The number of benzene rings is 1. The van der Waals surface area contributed by atoms with Gasteiger partial charge >= 0.3 is 0 Å². The van der Waals surface area contributed by atoms with Crippen LogP contribution in [0.4, 0.5) is 0 Å². The summed E-state index contributed by atoms with van der Waals surface area (Å²) in [6.07, 6.45) is 11.2. The Kier molecular flexibility index (Phi) is 7.09. The molecule has 0 aliphatic heterocycles. The zero-order valence-corrected chi connectivity index (χ0v) is 15.2. The number of rotatable bonds is 8. The summed E-state index contributed by atoms with van der Waals surface area (Å²) in [4.78, 5) is 0. The summed E-state index contributed by atoms with van der Waals surface area (Å²) < 4.78 is 22.4. The van der Waals surface area contributed by atoms with E-state index in [1.165, 1.54) is 50.5 Å². The summed E-state index contributed by atoms with van der Waals surface area (Å²) >= 11 is 0. The van der Waals surface area contributed by atoms with E-state index in [0.717, 1.165) is 23.8 Å². The molecule has 1 aliphatic rings. The quantitative estimate of drug-likeness (QED) is 0.777. The molecule has 23 heavy (non-hydrogen) atoms. The largest absolute Gasteiger partial charge is 0.229 e. The Balaban J connectivity index is 1.84. The maximum Gasteiger partial charge on any atom is 0.209 e. The van der Waals surface area contributed by atoms with E-state index in [1.54, 1.807) is 0 Å². The normalized spacial score (nSPS) is 18.0. The summed E-state index contributed by atoms with van der Waals surface area (Å²) in [7, 11) is -3.39. The maximum atomic E-state index is 11.2. The molecule has 130 valence electrons. The van der Waals surface area contributed by atoms with Gasteiger partial charge in [0.1, 0.15) is 0 Å². The maximum absolute atomic E-state index is 11.2.